The van der Waals surface area contributed by atoms with Crippen molar-refractivity contribution in [3.63, 3.8) is 0 Å². The number of unbranched alkanes of at least 4 members (excludes halogenated alkanes) is 2. The van der Waals surface area contributed by atoms with Crippen molar-refractivity contribution in [2.45, 2.75) is 38.9 Å². The molecule has 1 aliphatic heterocycles. The number of carbonyl (C=O) groups is 2. The van der Waals surface area contributed by atoms with Gasteiger partial charge in [-0.1, -0.05) is 31.9 Å². The molecule has 104 valence electrons. The van der Waals surface area contributed by atoms with Crippen molar-refractivity contribution in [2.24, 2.45) is 0 Å². The molecular formula is C14H18O5. The second-order valence-electron chi connectivity index (χ2n) is 4.20. The first-order valence-electron chi connectivity index (χ1n) is 6.28. The summed E-state index contributed by atoms with van der Waals surface area (Å²) >= 11 is 0. The van der Waals surface area contributed by atoms with Gasteiger partial charge >= 0.3 is 11.9 Å². The quantitative estimate of drug-likeness (QED) is 0.376. The monoisotopic (exact) mass is 266 g/mol. The molecule has 0 bridgehead atoms. The van der Waals surface area contributed by atoms with Crippen molar-refractivity contribution in [2.75, 3.05) is 0 Å². The van der Waals surface area contributed by atoms with E-state index in [1.54, 1.807) is 24.3 Å². The summed E-state index contributed by atoms with van der Waals surface area (Å²) in [5.74, 6) is -1.10. The molecule has 0 saturated carbocycles. The molecule has 0 aromatic heterocycles. The molecular weight excluding hydrogens is 248 g/mol. The summed E-state index contributed by atoms with van der Waals surface area (Å²) in [7, 11) is 0. The van der Waals surface area contributed by atoms with Crippen LogP contribution in [0.2, 0.25) is 0 Å². The number of hydrogen-bond acceptors (Lipinski definition) is 5. The Hall–Kier alpha value is -1.72. The van der Waals surface area contributed by atoms with Gasteiger partial charge in [0, 0.05) is 0 Å². The Morgan fingerprint density at radius 2 is 1.58 bits per heavy atom. The average molecular weight is 266 g/mol. The summed E-state index contributed by atoms with van der Waals surface area (Å²) in [4.78, 5) is 21.7. The van der Waals surface area contributed by atoms with Crippen LogP contribution in [0, 0.1) is 0 Å². The largest absolute Gasteiger partial charge is 0.386 e. The highest BCUT2D eigenvalue weighted by Gasteiger charge is 2.28. The highest BCUT2D eigenvalue weighted by molar-refractivity contribution is 6.14. The number of hydrogen-bond donors (Lipinski definition) is 2. The van der Waals surface area contributed by atoms with Crippen molar-refractivity contribution < 1.29 is 24.5 Å². The van der Waals surface area contributed by atoms with Gasteiger partial charge in [-0.2, -0.15) is 0 Å². The molecule has 0 aliphatic carbocycles. The SMILES string of the molecule is CCCCCC(O)O.O=C1OC(=O)c2ccccc21. The van der Waals surface area contributed by atoms with Gasteiger partial charge < -0.3 is 14.9 Å². The molecule has 0 radical (unpaired) electrons. The number of ether oxygens (including phenoxy) is 1. The number of carbonyl (C=O) groups excluding carboxylic acids is 2. The third-order valence-electron chi connectivity index (χ3n) is 2.62. The zero-order chi connectivity index (χ0) is 14.3. The number of aliphatic hydroxyl groups is 2. The summed E-state index contributed by atoms with van der Waals surface area (Å²) < 4.78 is 4.35. The van der Waals surface area contributed by atoms with Gasteiger partial charge in [-0.05, 0) is 25.0 Å². The van der Waals surface area contributed by atoms with Crippen LogP contribution >= 0.6 is 0 Å². The predicted molar refractivity (Wildman–Crippen MR) is 68.6 cm³/mol. The van der Waals surface area contributed by atoms with Crippen LogP contribution in [0.25, 0.3) is 0 Å². The van der Waals surface area contributed by atoms with Crippen molar-refractivity contribution >= 4 is 11.9 Å². The number of esters is 2. The van der Waals surface area contributed by atoms with Crippen LogP contribution < -0.4 is 0 Å². The minimum atomic E-state index is -1.10. The fourth-order valence-electron chi connectivity index (χ4n) is 1.61. The normalized spacial score (nSPS) is 12.8. The van der Waals surface area contributed by atoms with Crippen LogP contribution in [0.3, 0.4) is 0 Å². The molecule has 5 heteroatoms. The standard InChI is InChI=1S/C8H4O3.C6H14O2/c9-7-5-3-1-2-4-6(5)8(10)11-7;1-2-3-4-5-6(7)8/h1-4H;6-8H,2-5H2,1H3. The van der Waals surface area contributed by atoms with Crippen LogP contribution in [0.1, 0.15) is 53.3 Å². The molecule has 0 spiro atoms. The van der Waals surface area contributed by atoms with Crippen molar-refractivity contribution in [3.8, 4) is 0 Å². The summed E-state index contributed by atoms with van der Waals surface area (Å²) in [6, 6.07) is 6.53. The maximum Gasteiger partial charge on any atom is 0.346 e. The van der Waals surface area contributed by atoms with Crippen LogP contribution in [0.4, 0.5) is 0 Å². The molecule has 1 aromatic rings. The maximum atomic E-state index is 10.8. The maximum absolute atomic E-state index is 10.8. The highest BCUT2D eigenvalue weighted by Crippen LogP contribution is 2.18. The van der Waals surface area contributed by atoms with Crippen molar-refractivity contribution in [1.82, 2.24) is 0 Å². The minimum absolute atomic E-state index is 0.359. The second-order valence-corrected chi connectivity index (χ2v) is 4.20. The molecule has 2 rings (SSSR count). The number of aliphatic hydroxyl groups excluding tert-OH is 1. The van der Waals surface area contributed by atoms with E-state index in [-0.39, 0.29) is 0 Å². The van der Waals surface area contributed by atoms with Gasteiger partial charge in [-0.15, -0.1) is 0 Å². The fraction of sp³-hybridized carbons (Fsp3) is 0.429. The first-order chi connectivity index (χ1) is 9.06. The van der Waals surface area contributed by atoms with E-state index in [9.17, 15) is 9.59 Å². The first kappa shape index (κ1) is 15.3. The van der Waals surface area contributed by atoms with Gasteiger partial charge in [0.15, 0.2) is 6.29 Å². The number of rotatable bonds is 4. The topological polar surface area (TPSA) is 83.8 Å². The molecule has 0 amide bonds. The van der Waals surface area contributed by atoms with Gasteiger partial charge in [0.05, 0.1) is 11.1 Å². The van der Waals surface area contributed by atoms with E-state index in [2.05, 4.69) is 11.7 Å². The molecule has 0 unspecified atom stereocenters. The third-order valence-corrected chi connectivity index (χ3v) is 2.62. The Morgan fingerprint density at radius 1 is 1.05 bits per heavy atom. The molecule has 19 heavy (non-hydrogen) atoms. The molecule has 1 aliphatic rings. The summed E-state index contributed by atoms with van der Waals surface area (Å²) in [5, 5.41) is 16.7. The van der Waals surface area contributed by atoms with Gasteiger partial charge in [0.25, 0.3) is 0 Å². The van der Waals surface area contributed by atoms with E-state index < -0.39 is 18.2 Å². The summed E-state index contributed by atoms with van der Waals surface area (Å²) in [6.45, 7) is 2.09. The van der Waals surface area contributed by atoms with Crippen LogP contribution in [-0.4, -0.2) is 28.4 Å². The molecule has 2 N–H and O–H groups in total. The Kier molecular flexibility index (Phi) is 6.18. The van der Waals surface area contributed by atoms with E-state index >= 15 is 0 Å². The zero-order valence-corrected chi connectivity index (χ0v) is 10.8. The van der Waals surface area contributed by atoms with E-state index in [0.717, 1.165) is 19.3 Å². The zero-order valence-electron chi connectivity index (χ0n) is 10.8. The lowest BCUT2D eigenvalue weighted by molar-refractivity contribution is -0.0465. The smallest absolute Gasteiger partial charge is 0.346 e. The number of benzene rings is 1. The molecule has 0 saturated heterocycles. The molecule has 0 atom stereocenters. The first-order valence-corrected chi connectivity index (χ1v) is 6.28. The third kappa shape index (κ3) is 4.81. The second kappa shape index (κ2) is 7.66. The minimum Gasteiger partial charge on any atom is -0.386 e. The van der Waals surface area contributed by atoms with Crippen LogP contribution in [-0.2, 0) is 4.74 Å². The lowest BCUT2D eigenvalue weighted by atomic mass is 10.1. The Labute approximate surface area is 111 Å². The fourth-order valence-corrected chi connectivity index (χ4v) is 1.61. The van der Waals surface area contributed by atoms with Gasteiger partial charge in [-0.3, -0.25) is 0 Å². The van der Waals surface area contributed by atoms with Crippen molar-refractivity contribution in [1.29, 1.82) is 0 Å². The molecule has 1 heterocycles. The van der Waals surface area contributed by atoms with Gasteiger partial charge in [0.2, 0.25) is 0 Å². The average Bonchev–Trinajstić information content (AvgIpc) is 2.67. The summed E-state index contributed by atoms with van der Waals surface area (Å²) in [5.41, 5.74) is 0.718. The van der Waals surface area contributed by atoms with Crippen LogP contribution in [0.15, 0.2) is 24.3 Å². The Morgan fingerprint density at radius 3 is 2.00 bits per heavy atom. The van der Waals surface area contributed by atoms with E-state index in [4.69, 9.17) is 10.2 Å². The van der Waals surface area contributed by atoms with E-state index in [0.29, 0.717) is 17.5 Å². The van der Waals surface area contributed by atoms with Gasteiger partial charge in [-0.25, -0.2) is 9.59 Å². The van der Waals surface area contributed by atoms with Crippen LogP contribution in [0.5, 0.6) is 0 Å². The molecule has 0 fully saturated rings. The van der Waals surface area contributed by atoms with Crippen molar-refractivity contribution in [3.05, 3.63) is 35.4 Å². The van der Waals surface area contributed by atoms with E-state index in [1.165, 1.54) is 0 Å². The lowest BCUT2D eigenvalue weighted by Crippen LogP contribution is -2.02. The Bertz CT molecular complexity index is 406. The van der Waals surface area contributed by atoms with E-state index in [1.807, 2.05) is 0 Å². The Balaban J connectivity index is 0.000000203. The highest BCUT2D eigenvalue weighted by atomic mass is 16.6. The molecule has 5 nitrogen and oxygen atoms in total. The lowest BCUT2D eigenvalue weighted by Gasteiger charge is -1.99. The van der Waals surface area contributed by atoms with Gasteiger partial charge in [0.1, 0.15) is 0 Å². The molecule has 1 aromatic carbocycles. The number of cyclic esters (lactones) is 2. The predicted octanol–water partition coefficient (Wildman–Crippen LogP) is 1.87. The summed E-state index contributed by atoms with van der Waals surface area (Å²) in [6.07, 6.45) is 2.58. The number of fused-ring (bicyclic) bond motifs is 1.